The molecule has 2 N–H and O–H groups in total. The van der Waals surface area contributed by atoms with Gasteiger partial charge in [0.15, 0.2) is 0 Å². The lowest BCUT2D eigenvalue weighted by molar-refractivity contribution is 0.378. The SMILES string of the molecule is c1cc2c(cc1CNCC(C1CC1)C1CC1)CCN2. The molecule has 0 bridgehead atoms. The van der Waals surface area contributed by atoms with Gasteiger partial charge in [-0.3, -0.25) is 0 Å². The van der Waals surface area contributed by atoms with Gasteiger partial charge in [-0.1, -0.05) is 12.1 Å². The molecule has 4 rings (SSSR count). The Hall–Kier alpha value is -1.02. The summed E-state index contributed by atoms with van der Waals surface area (Å²) >= 11 is 0. The zero-order valence-corrected chi connectivity index (χ0v) is 11.6. The van der Waals surface area contributed by atoms with Crippen molar-refractivity contribution in [3.8, 4) is 0 Å². The Balaban J connectivity index is 1.32. The Morgan fingerprint density at radius 1 is 1.16 bits per heavy atom. The molecule has 2 aliphatic carbocycles. The summed E-state index contributed by atoms with van der Waals surface area (Å²) in [5, 5.41) is 7.14. The van der Waals surface area contributed by atoms with E-state index in [1.54, 1.807) is 0 Å². The van der Waals surface area contributed by atoms with Gasteiger partial charge in [0.1, 0.15) is 0 Å². The molecule has 1 heterocycles. The molecule has 102 valence electrons. The van der Waals surface area contributed by atoms with E-state index in [1.165, 1.54) is 55.5 Å². The fourth-order valence-electron chi connectivity index (χ4n) is 3.62. The Bertz CT molecular complexity index is 448. The third-order valence-corrected chi connectivity index (χ3v) is 5.04. The molecule has 0 atom stereocenters. The lowest BCUT2D eigenvalue weighted by Gasteiger charge is -2.16. The summed E-state index contributed by atoms with van der Waals surface area (Å²) < 4.78 is 0. The van der Waals surface area contributed by atoms with E-state index in [4.69, 9.17) is 0 Å². The normalized spacial score (nSPS) is 21.5. The van der Waals surface area contributed by atoms with Crippen LogP contribution in [0.1, 0.15) is 36.8 Å². The van der Waals surface area contributed by atoms with Crippen molar-refractivity contribution in [2.75, 3.05) is 18.4 Å². The van der Waals surface area contributed by atoms with E-state index in [2.05, 4.69) is 28.8 Å². The van der Waals surface area contributed by atoms with E-state index in [0.717, 1.165) is 30.8 Å². The maximum absolute atomic E-state index is 3.72. The molecule has 0 spiro atoms. The van der Waals surface area contributed by atoms with Gasteiger partial charge >= 0.3 is 0 Å². The van der Waals surface area contributed by atoms with Crippen molar-refractivity contribution in [3.05, 3.63) is 29.3 Å². The van der Waals surface area contributed by atoms with Crippen molar-refractivity contribution in [1.29, 1.82) is 0 Å². The van der Waals surface area contributed by atoms with Gasteiger partial charge in [0.2, 0.25) is 0 Å². The smallest absolute Gasteiger partial charge is 0.0373 e. The van der Waals surface area contributed by atoms with E-state index < -0.39 is 0 Å². The Morgan fingerprint density at radius 3 is 2.68 bits per heavy atom. The van der Waals surface area contributed by atoms with Gasteiger partial charge < -0.3 is 10.6 Å². The molecule has 19 heavy (non-hydrogen) atoms. The molecule has 2 fully saturated rings. The molecule has 0 radical (unpaired) electrons. The van der Waals surface area contributed by atoms with Crippen LogP contribution in [0, 0.1) is 17.8 Å². The highest BCUT2D eigenvalue weighted by Crippen LogP contribution is 2.48. The summed E-state index contributed by atoms with van der Waals surface area (Å²) in [5.74, 6) is 3.10. The van der Waals surface area contributed by atoms with E-state index in [9.17, 15) is 0 Å². The van der Waals surface area contributed by atoms with Gasteiger partial charge in [-0.25, -0.2) is 0 Å². The molecule has 3 aliphatic rings. The van der Waals surface area contributed by atoms with Crippen LogP contribution in [0.4, 0.5) is 5.69 Å². The van der Waals surface area contributed by atoms with Crippen LogP contribution in [0.3, 0.4) is 0 Å². The monoisotopic (exact) mass is 256 g/mol. The van der Waals surface area contributed by atoms with E-state index in [-0.39, 0.29) is 0 Å². The minimum absolute atomic E-state index is 0.982. The van der Waals surface area contributed by atoms with Crippen LogP contribution >= 0.6 is 0 Å². The Morgan fingerprint density at radius 2 is 1.95 bits per heavy atom. The molecule has 0 aromatic heterocycles. The van der Waals surface area contributed by atoms with Crippen molar-refractivity contribution in [3.63, 3.8) is 0 Å². The molecule has 1 aromatic rings. The van der Waals surface area contributed by atoms with Crippen LogP contribution < -0.4 is 10.6 Å². The minimum atomic E-state index is 0.982. The quantitative estimate of drug-likeness (QED) is 0.817. The summed E-state index contributed by atoms with van der Waals surface area (Å²) in [6.07, 6.45) is 7.16. The first-order chi connectivity index (χ1) is 9.40. The van der Waals surface area contributed by atoms with Gasteiger partial charge in [0.25, 0.3) is 0 Å². The molecular weight excluding hydrogens is 232 g/mol. The van der Waals surface area contributed by atoms with Crippen LogP contribution in [0.25, 0.3) is 0 Å². The second-order valence-electron chi connectivity index (χ2n) is 6.64. The molecule has 0 unspecified atom stereocenters. The highest BCUT2D eigenvalue weighted by atomic mass is 14.9. The first kappa shape index (κ1) is 11.8. The molecule has 2 heteroatoms. The second-order valence-corrected chi connectivity index (χ2v) is 6.64. The van der Waals surface area contributed by atoms with Crippen LogP contribution in [-0.4, -0.2) is 13.1 Å². The highest BCUT2D eigenvalue weighted by Gasteiger charge is 2.40. The third-order valence-electron chi connectivity index (χ3n) is 5.04. The van der Waals surface area contributed by atoms with Gasteiger partial charge in [0, 0.05) is 18.8 Å². The van der Waals surface area contributed by atoms with Gasteiger partial charge in [0.05, 0.1) is 0 Å². The summed E-state index contributed by atoms with van der Waals surface area (Å²) in [7, 11) is 0. The number of benzene rings is 1. The lowest BCUT2D eigenvalue weighted by atomic mass is 9.98. The van der Waals surface area contributed by atoms with E-state index in [0.29, 0.717) is 0 Å². The van der Waals surface area contributed by atoms with Crippen molar-refractivity contribution < 1.29 is 0 Å². The molecule has 2 nitrogen and oxygen atoms in total. The standard InChI is InChI=1S/C17H24N2/c1-6-17-15(7-8-19-17)9-12(1)10-18-11-16(13-2-3-13)14-4-5-14/h1,6,9,13-14,16,18-19H,2-5,7-8,10-11H2. The van der Waals surface area contributed by atoms with Crippen LogP contribution in [0.5, 0.6) is 0 Å². The number of hydrogen-bond donors (Lipinski definition) is 2. The molecular formula is C17H24N2. The molecule has 2 saturated carbocycles. The average Bonchev–Trinajstić information content (AvgIpc) is 3.33. The second kappa shape index (κ2) is 4.82. The number of fused-ring (bicyclic) bond motifs is 1. The maximum Gasteiger partial charge on any atom is 0.0373 e. The fraction of sp³-hybridized carbons (Fsp3) is 0.647. The number of hydrogen-bond acceptors (Lipinski definition) is 2. The van der Waals surface area contributed by atoms with Gasteiger partial charge in [-0.2, -0.15) is 0 Å². The summed E-state index contributed by atoms with van der Waals surface area (Å²) in [4.78, 5) is 0. The van der Waals surface area contributed by atoms with Crippen LogP contribution in [0.15, 0.2) is 18.2 Å². The summed E-state index contributed by atoms with van der Waals surface area (Å²) in [6, 6.07) is 6.90. The topological polar surface area (TPSA) is 24.1 Å². The first-order valence-corrected chi connectivity index (χ1v) is 7.96. The molecule has 1 aromatic carbocycles. The zero-order chi connectivity index (χ0) is 12.7. The summed E-state index contributed by atoms with van der Waals surface area (Å²) in [6.45, 7) is 3.39. The predicted molar refractivity (Wildman–Crippen MR) is 79.3 cm³/mol. The number of anilines is 1. The van der Waals surface area contributed by atoms with E-state index >= 15 is 0 Å². The van der Waals surface area contributed by atoms with Crippen molar-refractivity contribution in [1.82, 2.24) is 5.32 Å². The minimum Gasteiger partial charge on any atom is -0.384 e. The predicted octanol–water partition coefficient (Wildman–Crippen LogP) is 3.18. The first-order valence-electron chi connectivity index (χ1n) is 7.96. The molecule has 0 saturated heterocycles. The third kappa shape index (κ3) is 2.64. The highest BCUT2D eigenvalue weighted by molar-refractivity contribution is 5.56. The van der Waals surface area contributed by atoms with Crippen molar-refractivity contribution >= 4 is 5.69 Å². The molecule has 1 aliphatic heterocycles. The Kier molecular flexibility index (Phi) is 2.99. The number of rotatable bonds is 6. The fourth-order valence-corrected chi connectivity index (χ4v) is 3.62. The van der Waals surface area contributed by atoms with Crippen LogP contribution in [0.2, 0.25) is 0 Å². The van der Waals surface area contributed by atoms with Gasteiger partial charge in [-0.05, 0) is 73.6 Å². The largest absolute Gasteiger partial charge is 0.384 e. The van der Waals surface area contributed by atoms with Gasteiger partial charge in [-0.15, -0.1) is 0 Å². The summed E-state index contributed by atoms with van der Waals surface area (Å²) in [5.41, 5.74) is 4.30. The van der Waals surface area contributed by atoms with Crippen molar-refractivity contribution in [2.24, 2.45) is 17.8 Å². The number of nitrogens with one attached hydrogen (secondary N) is 2. The molecule has 0 amide bonds. The van der Waals surface area contributed by atoms with Crippen LogP contribution in [-0.2, 0) is 13.0 Å². The van der Waals surface area contributed by atoms with Crippen molar-refractivity contribution in [2.45, 2.75) is 38.6 Å². The lowest BCUT2D eigenvalue weighted by Crippen LogP contribution is -2.25. The van der Waals surface area contributed by atoms with E-state index in [1.807, 2.05) is 0 Å². The zero-order valence-electron chi connectivity index (χ0n) is 11.6. The maximum atomic E-state index is 3.72. The Labute approximate surface area is 116 Å². The average molecular weight is 256 g/mol.